The number of nitrogens with one attached hydrogen (secondary N) is 1. The second-order valence-corrected chi connectivity index (χ2v) is 5.16. The molecule has 1 saturated heterocycles. The predicted molar refractivity (Wildman–Crippen MR) is 87.8 cm³/mol. The average Bonchev–Trinajstić information content (AvgIpc) is 2.85. The van der Waals surface area contributed by atoms with Gasteiger partial charge < -0.3 is 19.5 Å². The van der Waals surface area contributed by atoms with E-state index < -0.39 is 0 Å². The van der Waals surface area contributed by atoms with Gasteiger partial charge in [-0.25, -0.2) is 4.98 Å². The number of hydrogen-bond donors (Lipinski definition) is 1. The van der Waals surface area contributed by atoms with Gasteiger partial charge in [-0.3, -0.25) is 0 Å². The molecule has 0 amide bonds. The summed E-state index contributed by atoms with van der Waals surface area (Å²) >= 11 is 0. The van der Waals surface area contributed by atoms with Crippen molar-refractivity contribution in [2.24, 2.45) is 0 Å². The zero-order valence-electron chi connectivity index (χ0n) is 12.8. The number of aryl methyl sites for hydroxylation is 2. The maximum atomic E-state index is 5.36. The molecule has 0 aliphatic carbocycles. The Morgan fingerprint density at radius 3 is 2.59 bits per heavy atom. The summed E-state index contributed by atoms with van der Waals surface area (Å²) < 4.78 is 10.5. The first kappa shape index (κ1) is 16.6. The summed E-state index contributed by atoms with van der Waals surface area (Å²) in [4.78, 5) is 6.75. The van der Waals surface area contributed by atoms with Crippen molar-refractivity contribution < 1.29 is 9.26 Å². The van der Waals surface area contributed by atoms with Crippen molar-refractivity contribution in [2.45, 2.75) is 20.4 Å². The molecule has 0 radical (unpaired) electrons. The Bertz CT molecular complexity index is 575. The van der Waals surface area contributed by atoms with Gasteiger partial charge in [0, 0.05) is 25.2 Å². The fraction of sp³-hybridized carbons (Fsp3) is 0.467. The van der Waals surface area contributed by atoms with Gasteiger partial charge in [-0.2, -0.15) is 0 Å². The largest absolute Gasteiger partial charge is 0.378 e. The molecule has 1 N–H and O–H groups in total. The van der Waals surface area contributed by atoms with Crippen LogP contribution in [0.1, 0.15) is 17.0 Å². The Morgan fingerprint density at radius 2 is 2.00 bits per heavy atom. The van der Waals surface area contributed by atoms with Crippen LogP contribution < -0.4 is 10.2 Å². The average molecular weight is 325 g/mol. The quantitative estimate of drug-likeness (QED) is 0.932. The lowest BCUT2D eigenvalue weighted by Gasteiger charge is -2.28. The van der Waals surface area contributed by atoms with Crippen molar-refractivity contribution in [3.05, 3.63) is 35.3 Å². The molecule has 1 aliphatic heterocycles. The first-order chi connectivity index (χ1) is 10.2. The molecule has 0 unspecified atom stereocenters. The predicted octanol–water partition coefficient (Wildman–Crippen LogP) is 2.56. The Balaban J connectivity index is 0.00000176. The normalized spacial score (nSPS) is 14.5. The van der Waals surface area contributed by atoms with E-state index in [1.165, 1.54) is 0 Å². The van der Waals surface area contributed by atoms with Crippen molar-refractivity contribution in [3.8, 4) is 0 Å². The minimum Gasteiger partial charge on any atom is -0.378 e. The number of hydrogen-bond acceptors (Lipinski definition) is 6. The molecule has 0 spiro atoms. The van der Waals surface area contributed by atoms with E-state index in [0.717, 1.165) is 54.8 Å². The van der Waals surface area contributed by atoms with Crippen LogP contribution in [0.15, 0.2) is 22.9 Å². The second-order valence-electron chi connectivity index (χ2n) is 5.16. The van der Waals surface area contributed by atoms with Gasteiger partial charge in [-0.15, -0.1) is 12.4 Å². The highest BCUT2D eigenvalue weighted by molar-refractivity contribution is 5.85. The molecule has 0 aromatic carbocycles. The minimum absolute atomic E-state index is 0. The van der Waals surface area contributed by atoms with Crippen molar-refractivity contribution in [1.82, 2.24) is 10.1 Å². The van der Waals surface area contributed by atoms with Gasteiger partial charge in [0.25, 0.3) is 0 Å². The summed E-state index contributed by atoms with van der Waals surface area (Å²) in [7, 11) is 0. The van der Waals surface area contributed by atoms with Crippen LogP contribution in [0.3, 0.4) is 0 Å². The Hall–Kier alpha value is -1.79. The molecule has 22 heavy (non-hydrogen) atoms. The van der Waals surface area contributed by atoms with Gasteiger partial charge in [0.15, 0.2) is 0 Å². The molecular formula is C15H21ClN4O2. The van der Waals surface area contributed by atoms with Crippen LogP contribution in [0.5, 0.6) is 0 Å². The van der Waals surface area contributed by atoms with Crippen LogP contribution >= 0.6 is 12.4 Å². The number of nitrogens with zero attached hydrogens (tertiary/aromatic N) is 3. The van der Waals surface area contributed by atoms with Crippen molar-refractivity contribution in [1.29, 1.82) is 0 Å². The number of halogens is 1. The highest BCUT2D eigenvalue weighted by Crippen LogP contribution is 2.18. The molecule has 0 atom stereocenters. The molecule has 0 saturated carbocycles. The Kier molecular flexibility index (Phi) is 5.63. The van der Waals surface area contributed by atoms with E-state index >= 15 is 0 Å². The van der Waals surface area contributed by atoms with E-state index in [4.69, 9.17) is 9.26 Å². The second kappa shape index (κ2) is 7.47. The molecule has 1 aliphatic rings. The monoisotopic (exact) mass is 324 g/mol. The fourth-order valence-corrected chi connectivity index (χ4v) is 2.43. The summed E-state index contributed by atoms with van der Waals surface area (Å²) in [5.41, 5.74) is 3.15. The van der Waals surface area contributed by atoms with E-state index in [0.29, 0.717) is 6.54 Å². The molecule has 0 bridgehead atoms. The molecule has 1 fully saturated rings. The van der Waals surface area contributed by atoms with Gasteiger partial charge in [0.2, 0.25) is 0 Å². The van der Waals surface area contributed by atoms with Crippen molar-refractivity contribution in [2.75, 3.05) is 36.5 Å². The molecule has 6 nitrogen and oxygen atoms in total. The SMILES string of the molecule is Cc1noc(C)c1CNc1ccc(N2CCOCC2)cn1.Cl. The highest BCUT2D eigenvalue weighted by atomic mass is 35.5. The van der Waals surface area contributed by atoms with Crippen LogP contribution in [0.25, 0.3) is 0 Å². The number of anilines is 2. The Labute approximate surface area is 136 Å². The first-order valence-corrected chi connectivity index (χ1v) is 7.18. The number of rotatable bonds is 4. The third-order valence-electron chi connectivity index (χ3n) is 3.75. The number of pyridine rings is 1. The molecule has 3 heterocycles. The molecule has 7 heteroatoms. The van der Waals surface area contributed by atoms with Gasteiger partial charge in [-0.1, -0.05) is 5.16 Å². The lowest BCUT2D eigenvalue weighted by atomic mass is 10.2. The molecular weight excluding hydrogens is 304 g/mol. The Morgan fingerprint density at radius 1 is 1.23 bits per heavy atom. The van der Waals surface area contributed by atoms with Crippen LogP contribution in [0.2, 0.25) is 0 Å². The molecule has 2 aromatic rings. The maximum Gasteiger partial charge on any atom is 0.138 e. The lowest BCUT2D eigenvalue weighted by Crippen LogP contribution is -2.36. The first-order valence-electron chi connectivity index (χ1n) is 7.18. The molecule has 2 aromatic heterocycles. The molecule has 120 valence electrons. The third-order valence-corrected chi connectivity index (χ3v) is 3.75. The number of ether oxygens (including phenoxy) is 1. The van der Waals surface area contributed by atoms with Crippen LogP contribution in [0, 0.1) is 13.8 Å². The smallest absolute Gasteiger partial charge is 0.138 e. The van der Waals surface area contributed by atoms with E-state index in [1.54, 1.807) is 0 Å². The summed E-state index contributed by atoms with van der Waals surface area (Å²) in [6, 6.07) is 4.09. The topological polar surface area (TPSA) is 63.4 Å². The van der Waals surface area contributed by atoms with Crippen molar-refractivity contribution >= 4 is 23.9 Å². The van der Waals surface area contributed by atoms with Crippen LogP contribution in [-0.2, 0) is 11.3 Å². The standard InChI is InChI=1S/C15H20N4O2.ClH/c1-11-14(12(2)21-18-11)10-17-15-4-3-13(9-16-15)19-5-7-20-8-6-19;/h3-4,9H,5-8,10H2,1-2H3,(H,16,17);1H. The maximum absolute atomic E-state index is 5.36. The van der Waals surface area contributed by atoms with E-state index in [1.807, 2.05) is 26.1 Å². The third kappa shape index (κ3) is 3.69. The van der Waals surface area contributed by atoms with E-state index in [9.17, 15) is 0 Å². The summed E-state index contributed by atoms with van der Waals surface area (Å²) in [6.45, 7) is 7.96. The van der Waals surface area contributed by atoms with Gasteiger partial charge in [-0.05, 0) is 26.0 Å². The minimum atomic E-state index is 0. The zero-order valence-corrected chi connectivity index (χ0v) is 13.7. The summed E-state index contributed by atoms with van der Waals surface area (Å²) in [5, 5.41) is 7.25. The van der Waals surface area contributed by atoms with Gasteiger partial charge in [0.05, 0.1) is 30.8 Å². The van der Waals surface area contributed by atoms with Crippen LogP contribution in [0.4, 0.5) is 11.5 Å². The van der Waals surface area contributed by atoms with Crippen molar-refractivity contribution in [3.63, 3.8) is 0 Å². The van der Waals surface area contributed by atoms with E-state index in [2.05, 4.69) is 26.4 Å². The highest BCUT2D eigenvalue weighted by Gasteiger charge is 2.12. The van der Waals surface area contributed by atoms with E-state index in [-0.39, 0.29) is 12.4 Å². The summed E-state index contributed by atoms with van der Waals surface area (Å²) in [5.74, 6) is 1.71. The van der Waals surface area contributed by atoms with Gasteiger partial charge >= 0.3 is 0 Å². The lowest BCUT2D eigenvalue weighted by molar-refractivity contribution is 0.122. The number of aromatic nitrogens is 2. The van der Waals surface area contributed by atoms with Gasteiger partial charge in [0.1, 0.15) is 11.6 Å². The number of morpholine rings is 1. The fourth-order valence-electron chi connectivity index (χ4n) is 2.43. The zero-order chi connectivity index (χ0) is 14.7. The molecule has 3 rings (SSSR count). The van der Waals surface area contributed by atoms with Crippen LogP contribution in [-0.4, -0.2) is 36.4 Å². The summed E-state index contributed by atoms with van der Waals surface area (Å²) in [6.07, 6.45) is 1.90.